The Hall–Kier alpha value is -3.19. The summed E-state index contributed by atoms with van der Waals surface area (Å²) < 4.78 is 1.71. The largest absolute Gasteiger partial charge is 0.383 e. The topological polar surface area (TPSA) is 89.1 Å². The van der Waals surface area contributed by atoms with Crippen molar-refractivity contribution in [1.29, 1.82) is 0 Å². The number of rotatable bonds is 5. The minimum atomic E-state index is -0.178. The highest BCUT2D eigenvalue weighted by atomic mass is 16.1. The first-order chi connectivity index (χ1) is 13.6. The Kier molecular flexibility index (Phi) is 5.08. The molecule has 1 amide bonds. The summed E-state index contributed by atoms with van der Waals surface area (Å²) >= 11 is 0. The highest BCUT2D eigenvalue weighted by Crippen LogP contribution is 2.22. The first-order valence-corrected chi connectivity index (χ1v) is 9.40. The van der Waals surface area contributed by atoms with Gasteiger partial charge in [-0.2, -0.15) is 5.10 Å². The van der Waals surface area contributed by atoms with Crippen molar-refractivity contribution in [3.8, 4) is 11.1 Å². The van der Waals surface area contributed by atoms with E-state index in [9.17, 15) is 4.79 Å². The Labute approximate surface area is 164 Å². The first-order valence-electron chi connectivity index (χ1n) is 9.40. The van der Waals surface area contributed by atoms with E-state index in [2.05, 4.69) is 44.6 Å². The highest BCUT2D eigenvalue weighted by Gasteiger charge is 2.25. The average molecular weight is 376 g/mol. The van der Waals surface area contributed by atoms with Crippen molar-refractivity contribution in [3.05, 3.63) is 66.1 Å². The van der Waals surface area contributed by atoms with Gasteiger partial charge < -0.3 is 11.1 Å². The lowest BCUT2D eigenvalue weighted by atomic mass is 10.1. The van der Waals surface area contributed by atoms with Crippen LogP contribution >= 0.6 is 0 Å². The van der Waals surface area contributed by atoms with E-state index < -0.39 is 0 Å². The third kappa shape index (κ3) is 4.04. The molecule has 4 rings (SSSR count). The van der Waals surface area contributed by atoms with E-state index in [1.807, 2.05) is 19.3 Å². The third-order valence-electron chi connectivity index (χ3n) is 5.06. The predicted molar refractivity (Wildman–Crippen MR) is 108 cm³/mol. The number of nitrogens with two attached hydrogens (primary N) is 1. The highest BCUT2D eigenvalue weighted by molar-refractivity contribution is 5.99. The van der Waals surface area contributed by atoms with Crippen LogP contribution in [0.25, 0.3) is 11.1 Å². The molecule has 0 bridgehead atoms. The number of benzene rings is 1. The van der Waals surface area contributed by atoms with Crippen molar-refractivity contribution < 1.29 is 4.79 Å². The molecule has 1 aliphatic heterocycles. The number of amides is 1. The summed E-state index contributed by atoms with van der Waals surface area (Å²) in [6, 6.07) is 12.3. The molecule has 1 fully saturated rings. The van der Waals surface area contributed by atoms with Gasteiger partial charge in [0.05, 0.1) is 11.8 Å². The van der Waals surface area contributed by atoms with Gasteiger partial charge in [-0.05, 0) is 18.1 Å². The fourth-order valence-electron chi connectivity index (χ4n) is 3.58. The molecule has 0 radical (unpaired) electrons. The Bertz CT molecular complexity index is 968. The summed E-state index contributed by atoms with van der Waals surface area (Å²) in [6.45, 7) is 2.69. The number of carbonyl (C=O) groups excluding carboxylic acids is 1. The average Bonchev–Trinajstić information content (AvgIpc) is 3.32. The van der Waals surface area contributed by atoms with E-state index >= 15 is 0 Å². The quantitative estimate of drug-likeness (QED) is 0.712. The molecule has 144 valence electrons. The molecule has 1 unspecified atom stereocenters. The SMILES string of the molecule is Cn1cc(-c2cnc(N)c(C(=O)NC3CCN(Cc4ccccc4)C3)c2)cn1. The summed E-state index contributed by atoms with van der Waals surface area (Å²) in [5, 5.41) is 7.28. The van der Waals surface area contributed by atoms with Crippen LogP contribution < -0.4 is 11.1 Å². The molecule has 2 aromatic heterocycles. The number of hydrogen-bond donors (Lipinski definition) is 2. The van der Waals surface area contributed by atoms with Crippen LogP contribution in [0.15, 0.2) is 55.0 Å². The number of hydrogen-bond acceptors (Lipinski definition) is 5. The minimum Gasteiger partial charge on any atom is -0.383 e. The second-order valence-corrected chi connectivity index (χ2v) is 7.24. The van der Waals surface area contributed by atoms with E-state index in [0.29, 0.717) is 5.56 Å². The van der Waals surface area contributed by atoms with Crippen LogP contribution in [-0.4, -0.2) is 44.7 Å². The fourth-order valence-corrected chi connectivity index (χ4v) is 3.58. The van der Waals surface area contributed by atoms with Crippen LogP contribution in [0.4, 0.5) is 5.82 Å². The van der Waals surface area contributed by atoms with Gasteiger partial charge in [0.2, 0.25) is 0 Å². The van der Waals surface area contributed by atoms with Crippen molar-refractivity contribution in [2.24, 2.45) is 7.05 Å². The molecular weight excluding hydrogens is 352 g/mol. The number of nitrogens with zero attached hydrogens (tertiary/aromatic N) is 4. The molecule has 3 N–H and O–H groups in total. The van der Waals surface area contributed by atoms with Gasteiger partial charge in [-0.25, -0.2) is 4.98 Å². The summed E-state index contributed by atoms with van der Waals surface area (Å²) in [5.74, 6) is 0.0616. The van der Waals surface area contributed by atoms with Crippen molar-refractivity contribution in [3.63, 3.8) is 0 Å². The van der Waals surface area contributed by atoms with Crippen LogP contribution in [0.3, 0.4) is 0 Å². The zero-order valence-corrected chi connectivity index (χ0v) is 15.9. The molecule has 1 atom stereocenters. The van der Waals surface area contributed by atoms with Crippen LogP contribution in [0.1, 0.15) is 22.3 Å². The number of pyridine rings is 1. The summed E-state index contributed by atoms with van der Waals surface area (Å²) in [4.78, 5) is 19.4. The van der Waals surface area contributed by atoms with Crippen molar-refractivity contribution in [1.82, 2.24) is 25.0 Å². The van der Waals surface area contributed by atoms with Crippen LogP contribution in [0, 0.1) is 0 Å². The summed E-state index contributed by atoms with van der Waals surface area (Å²) in [6.07, 6.45) is 6.22. The van der Waals surface area contributed by atoms with Gasteiger partial charge in [-0.1, -0.05) is 30.3 Å². The molecule has 1 aromatic carbocycles. The second-order valence-electron chi connectivity index (χ2n) is 7.24. The van der Waals surface area contributed by atoms with E-state index in [1.165, 1.54) is 5.56 Å². The Balaban J connectivity index is 1.41. The Morgan fingerprint density at radius 2 is 2.07 bits per heavy atom. The molecule has 0 saturated carbocycles. The molecule has 7 nitrogen and oxygen atoms in total. The fraction of sp³-hybridized carbons (Fsp3) is 0.286. The molecule has 7 heteroatoms. The van der Waals surface area contributed by atoms with E-state index in [0.717, 1.165) is 37.2 Å². The number of aryl methyl sites for hydroxylation is 1. The first kappa shape index (κ1) is 18.2. The van der Waals surface area contributed by atoms with E-state index in [1.54, 1.807) is 23.1 Å². The Morgan fingerprint density at radius 3 is 2.82 bits per heavy atom. The van der Waals surface area contributed by atoms with Crippen molar-refractivity contribution in [2.75, 3.05) is 18.8 Å². The Morgan fingerprint density at radius 1 is 1.25 bits per heavy atom. The molecule has 3 heterocycles. The minimum absolute atomic E-state index is 0.109. The van der Waals surface area contributed by atoms with Gasteiger partial charge in [0, 0.05) is 56.2 Å². The number of aromatic nitrogens is 3. The maximum atomic E-state index is 12.8. The molecule has 28 heavy (non-hydrogen) atoms. The lowest BCUT2D eigenvalue weighted by Crippen LogP contribution is -2.37. The number of nitrogens with one attached hydrogen (secondary N) is 1. The smallest absolute Gasteiger partial charge is 0.255 e. The number of nitrogen functional groups attached to an aromatic ring is 1. The zero-order valence-electron chi connectivity index (χ0n) is 15.9. The summed E-state index contributed by atoms with van der Waals surface area (Å²) in [7, 11) is 1.85. The molecule has 3 aromatic rings. The number of anilines is 1. The van der Waals surface area contributed by atoms with Gasteiger partial charge in [0.25, 0.3) is 5.91 Å². The lowest BCUT2D eigenvalue weighted by Gasteiger charge is -2.17. The normalized spacial score (nSPS) is 17.0. The molecule has 1 aliphatic rings. The number of carbonyl (C=O) groups is 1. The van der Waals surface area contributed by atoms with E-state index in [4.69, 9.17) is 5.73 Å². The molecule has 1 saturated heterocycles. The van der Waals surface area contributed by atoms with Crippen LogP contribution in [-0.2, 0) is 13.6 Å². The van der Waals surface area contributed by atoms with E-state index in [-0.39, 0.29) is 17.8 Å². The maximum absolute atomic E-state index is 12.8. The van der Waals surface area contributed by atoms with Crippen LogP contribution in [0.2, 0.25) is 0 Å². The predicted octanol–water partition coefficient (Wildman–Crippen LogP) is 2.07. The third-order valence-corrected chi connectivity index (χ3v) is 5.06. The standard InChI is InChI=1S/C21H24N6O/c1-26-13-17(11-24-26)16-9-19(20(22)23-10-16)21(28)25-18-7-8-27(14-18)12-15-5-3-2-4-6-15/h2-6,9-11,13,18H,7-8,12,14H2,1H3,(H2,22,23)(H,25,28). The maximum Gasteiger partial charge on any atom is 0.255 e. The van der Waals surface area contributed by atoms with Crippen molar-refractivity contribution in [2.45, 2.75) is 19.0 Å². The lowest BCUT2D eigenvalue weighted by molar-refractivity contribution is 0.0938. The van der Waals surface area contributed by atoms with Gasteiger partial charge in [-0.3, -0.25) is 14.4 Å². The van der Waals surface area contributed by atoms with Gasteiger partial charge in [-0.15, -0.1) is 0 Å². The zero-order chi connectivity index (χ0) is 19.5. The van der Waals surface area contributed by atoms with Crippen molar-refractivity contribution >= 4 is 11.7 Å². The molecule has 0 aliphatic carbocycles. The van der Waals surface area contributed by atoms with Crippen LogP contribution in [0.5, 0.6) is 0 Å². The van der Waals surface area contributed by atoms with Gasteiger partial charge in [0.1, 0.15) is 5.82 Å². The van der Waals surface area contributed by atoms with Gasteiger partial charge in [0.15, 0.2) is 0 Å². The molecule has 0 spiro atoms. The number of likely N-dealkylation sites (tertiary alicyclic amines) is 1. The second kappa shape index (κ2) is 7.82. The van der Waals surface area contributed by atoms with Gasteiger partial charge >= 0.3 is 0 Å². The summed E-state index contributed by atoms with van der Waals surface area (Å²) in [5.41, 5.74) is 9.39. The monoisotopic (exact) mass is 376 g/mol. The molecular formula is C21H24N6O.